The number of carbonyl (C=O) groups excluding carboxylic acids is 1. The van der Waals surface area contributed by atoms with Gasteiger partial charge >= 0.3 is 0 Å². The SMILES string of the molecule is O=C(Cc1ccccc1)C1CCNC1. The monoisotopic (exact) mass is 189 g/mol. The van der Waals surface area contributed by atoms with E-state index >= 15 is 0 Å². The first-order valence-electron chi connectivity index (χ1n) is 5.13. The summed E-state index contributed by atoms with van der Waals surface area (Å²) in [5.41, 5.74) is 1.13. The van der Waals surface area contributed by atoms with Gasteiger partial charge in [0.25, 0.3) is 0 Å². The molecule has 0 aromatic heterocycles. The van der Waals surface area contributed by atoms with E-state index in [0.717, 1.165) is 25.1 Å². The molecule has 1 aliphatic heterocycles. The van der Waals surface area contributed by atoms with Crippen LogP contribution >= 0.6 is 0 Å². The molecule has 1 aliphatic rings. The second kappa shape index (κ2) is 4.38. The quantitative estimate of drug-likeness (QED) is 0.779. The summed E-state index contributed by atoms with van der Waals surface area (Å²) in [6.45, 7) is 1.86. The molecular weight excluding hydrogens is 174 g/mol. The van der Waals surface area contributed by atoms with Crippen molar-refractivity contribution in [3.05, 3.63) is 35.9 Å². The van der Waals surface area contributed by atoms with Crippen molar-refractivity contribution in [1.82, 2.24) is 5.32 Å². The zero-order chi connectivity index (χ0) is 9.80. The fourth-order valence-electron chi connectivity index (χ4n) is 1.87. The second-order valence-corrected chi connectivity index (χ2v) is 3.82. The van der Waals surface area contributed by atoms with Crippen LogP contribution < -0.4 is 5.32 Å². The van der Waals surface area contributed by atoms with Crippen LogP contribution in [0.1, 0.15) is 12.0 Å². The fourth-order valence-corrected chi connectivity index (χ4v) is 1.87. The van der Waals surface area contributed by atoms with Gasteiger partial charge in [-0.3, -0.25) is 4.79 Å². The summed E-state index contributed by atoms with van der Waals surface area (Å²) in [4.78, 5) is 11.8. The molecule has 1 aromatic rings. The Balaban J connectivity index is 1.94. The molecule has 14 heavy (non-hydrogen) atoms. The lowest BCUT2D eigenvalue weighted by Gasteiger charge is -2.06. The molecule has 2 nitrogen and oxygen atoms in total. The summed E-state index contributed by atoms with van der Waals surface area (Å²) in [5, 5.41) is 3.22. The van der Waals surface area contributed by atoms with Gasteiger partial charge in [0.1, 0.15) is 5.78 Å². The molecule has 1 atom stereocenters. The van der Waals surface area contributed by atoms with Crippen LogP contribution in [-0.4, -0.2) is 18.9 Å². The Morgan fingerprint density at radius 1 is 1.36 bits per heavy atom. The highest BCUT2D eigenvalue weighted by molar-refractivity contribution is 5.83. The summed E-state index contributed by atoms with van der Waals surface area (Å²) in [6.07, 6.45) is 1.60. The molecule has 0 saturated carbocycles. The molecule has 1 heterocycles. The highest BCUT2D eigenvalue weighted by Gasteiger charge is 2.21. The van der Waals surface area contributed by atoms with Gasteiger partial charge in [-0.25, -0.2) is 0 Å². The van der Waals surface area contributed by atoms with Crippen LogP contribution in [0.15, 0.2) is 30.3 Å². The van der Waals surface area contributed by atoms with Gasteiger partial charge in [-0.15, -0.1) is 0 Å². The number of hydrogen-bond acceptors (Lipinski definition) is 2. The number of carbonyl (C=O) groups is 1. The number of rotatable bonds is 3. The molecule has 0 amide bonds. The van der Waals surface area contributed by atoms with E-state index in [4.69, 9.17) is 0 Å². The van der Waals surface area contributed by atoms with Crippen molar-refractivity contribution in [1.29, 1.82) is 0 Å². The molecule has 0 radical (unpaired) electrons. The largest absolute Gasteiger partial charge is 0.316 e. The van der Waals surface area contributed by atoms with E-state index in [1.165, 1.54) is 0 Å². The maximum atomic E-state index is 11.8. The molecule has 2 heteroatoms. The van der Waals surface area contributed by atoms with Crippen molar-refractivity contribution < 1.29 is 4.79 Å². The maximum absolute atomic E-state index is 11.8. The molecule has 2 rings (SSSR count). The molecule has 0 aliphatic carbocycles. The van der Waals surface area contributed by atoms with E-state index in [1.807, 2.05) is 30.3 Å². The Labute approximate surface area is 84.3 Å². The van der Waals surface area contributed by atoms with Crippen molar-refractivity contribution in [3.8, 4) is 0 Å². The molecule has 1 aromatic carbocycles. The van der Waals surface area contributed by atoms with Crippen molar-refractivity contribution in [2.24, 2.45) is 5.92 Å². The van der Waals surface area contributed by atoms with Gasteiger partial charge in [-0.2, -0.15) is 0 Å². The van der Waals surface area contributed by atoms with E-state index < -0.39 is 0 Å². The third kappa shape index (κ3) is 2.20. The molecule has 1 saturated heterocycles. The van der Waals surface area contributed by atoms with Crippen molar-refractivity contribution in [2.45, 2.75) is 12.8 Å². The number of ketones is 1. The lowest BCUT2D eigenvalue weighted by molar-refractivity contribution is -0.121. The van der Waals surface area contributed by atoms with Crippen LogP contribution in [0.2, 0.25) is 0 Å². The lowest BCUT2D eigenvalue weighted by Crippen LogP contribution is -2.19. The minimum absolute atomic E-state index is 0.246. The highest BCUT2D eigenvalue weighted by atomic mass is 16.1. The van der Waals surface area contributed by atoms with Crippen LogP contribution in [0.3, 0.4) is 0 Å². The predicted octanol–water partition coefficient (Wildman–Crippen LogP) is 1.41. The summed E-state index contributed by atoms with van der Waals surface area (Å²) >= 11 is 0. The fraction of sp³-hybridized carbons (Fsp3) is 0.417. The van der Waals surface area contributed by atoms with Crippen LogP contribution in [0.25, 0.3) is 0 Å². The summed E-state index contributed by atoms with van der Waals surface area (Å²) in [5.74, 6) is 0.622. The summed E-state index contributed by atoms with van der Waals surface area (Å²) in [6, 6.07) is 9.97. The standard InChI is InChI=1S/C12H15NO/c14-12(11-6-7-13-9-11)8-10-4-2-1-3-5-10/h1-5,11,13H,6-9H2. The van der Waals surface area contributed by atoms with E-state index in [1.54, 1.807) is 0 Å². The topological polar surface area (TPSA) is 29.1 Å². The smallest absolute Gasteiger partial charge is 0.141 e. The van der Waals surface area contributed by atoms with Crippen LogP contribution in [0.5, 0.6) is 0 Å². The second-order valence-electron chi connectivity index (χ2n) is 3.82. The third-order valence-corrected chi connectivity index (χ3v) is 2.74. The number of Topliss-reactive ketones (excluding diaryl/α,β-unsaturated/α-hetero) is 1. The van der Waals surface area contributed by atoms with Crippen LogP contribution in [0.4, 0.5) is 0 Å². The Bertz CT molecular complexity index is 301. The van der Waals surface area contributed by atoms with Crippen LogP contribution in [0, 0.1) is 5.92 Å². The van der Waals surface area contributed by atoms with Gasteiger partial charge in [-0.1, -0.05) is 30.3 Å². The number of nitrogens with one attached hydrogen (secondary N) is 1. The Morgan fingerprint density at radius 3 is 2.79 bits per heavy atom. The minimum Gasteiger partial charge on any atom is -0.316 e. The Morgan fingerprint density at radius 2 is 2.14 bits per heavy atom. The molecule has 0 spiro atoms. The maximum Gasteiger partial charge on any atom is 0.141 e. The number of benzene rings is 1. The lowest BCUT2D eigenvalue weighted by atomic mass is 9.97. The van der Waals surface area contributed by atoms with Gasteiger partial charge in [0.2, 0.25) is 0 Å². The molecule has 1 fully saturated rings. The zero-order valence-corrected chi connectivity index (χ0v) is 8.20. The average molecular weight is 189 g/mol. The van der Waals surface area contributed by atoms with E-state index in [-0.39, 0.29) is 5.92 Å². The molecule has 0 bridgehead atoms. The third-order valence-electron chi connectivity index (χ3n) is 2.74. The van der Waals surface area contributed by atoms with Crippen LogP contribution in [-0.2, 0) is 11.2 Å². The zero-order valence-electron chi connectivity index (χ0n) is 8.20. The first kappa shape index (κ1) is 9.41. The molecule has 74 valence electrons. The van der Waals surface area contributed by atoms with Gasteiger partial charge < -0.3 is 5.32 Å². The molecule has 1 unspecified atom stereocenters. The first-order valence-corrected chi connectivity index (χ1v) is 5.13. The Hall–Kier alpha value is -1.15. The van der Waals surface area contributed by atoms with Crippen molar-refractivity contribution >= 4 is 5.78 Å². The molecule has 1 N–H and O–H groups in total. The number of hydrogen-bond donors (Lipinski definition) is 1. The van der Waals surface area contributed by atoms with E-state index in [2.05, 4.69) is 5.32 Å². The van der Waals surface area contributed by atoms with Gasteiger partial charge in [0.15, 0.2) is 0 Å². The Kier molecular flexibility index (Phi) is 2.94. The first-order chi connectivity index (χ1) is 6.86. The molecular formula is C12H15NO. The van der Waals surface area contributed by atoms with Crippen molar-refractivity contribution in [2.75, 3.05) is 13.1 Å². The van der Waals surface area contributed by atoms with E-state index in [9.17, 15) is 4.79 Å². The minimum atomic E-state index is 0.246. The van der Waals surface area contributed by atoms with Gasteiger partial charge in [0.05, 0.1) is 0 Å². The van der Waals surface area contributed by atoms with E-state index in [0.29, 0.717) is 12.2 Å². The normalized spacial score (nSPS) is 21.0. The summed E-state index contributed by atoms with van der Waals surface area (Å²) < 4.78 is 0. The van der Waals surface area contributed by atoms with Gasteiger partial charge in [-0.05, 0) is 18.5 Å². The van der Waals surface area contributed by atoms with Gasteiger partial charge in [0, 0.05) is 18.9 Å². The van der Waals surface area contributed by atoms with Crippen molar-refractivity contribution in [3.63, 3.8) is 0 Å². The summed E-state index contributed by atoms with van der Waals surface area (Å²) in [7, 11) is 0. The predicted molar refractivity (Wildman–Crippen MR) is 56.1 cm³/mol. The average Bonchev–Trinajstić information content (AvgIpc) is 2.72. The highest BCUT2D eigenvalue weighted by Crippen LogP contribution is 2.12.